The van der Waals surface area contributed by atoms with Crippen molar-refractivity contribution >= 4 is 21.4 Å². The van der Waals surface area contributed by atoms with E-state index < -0.39 is 14.9 Å². The first kappa shape index (κ1) is 19.2. The summed E-state index contributed by atoms with van der Waals surface area (Å²) in [5, 5.41) is 14.4. The van der Waals surface area contributed by atoms with Crippen molar-refractivity contribution in [2.45, 2.75) is 24.2 Å². The first-order chi connectivity index (χ1) is 12.9. The third kappa shape index (κ3) is 4.42. The third-order valence-corrected chi connectivity index (χ3v) is 6.41. The molecule has 1 saturated heterocycles. The predicted octanol–water partition coefficient (Wildman–Crippen LogP) is 3.17. The monoisotopic (exact) mass is 393 g/mol. The Hall–Kier alpha value is -2.52. The van der Waals surface area contributed by atoms with Gasteiger partial charge in [-0.1, -0.05) is 12.1 Å². The minimum Gasteiger partial charge on any atom is -0.379 e. The molecule has 0 bridgehead atoms. The lowest BCUT2D eigenvalue weighted by molar-refractivity contribution is -0.384. The van der Waals surface area contributed by atoms with Crippen molar-refractivity contribution in [3.8, 4) is 0 Å². The van der Waals surface area contributed by atoms with Crippen molar-refractivity contribution in [3.05, 3.63) is 64.0 Å². The van der Waals surface area contributed by atoms with E-state index in [2.05, 4.69) is 5.32 Å². The molecule has 27 heavy (non-hydrogen) atoms. The molecule has 1 N–H and O–H groups in total. The van der Waals surface area contributed by atoms with Crippen molar-refractivity contribution in [2.75, 3.05) is 25.0 Å². The van der Waals surface area contributed by atoms with Crippen molar-refractivity contribution < 1.29 is 17.7 Å². The molecule has 2 aromatic carbocycles. The van der Waals surface area contributed by atoms with E-state index >= 15 is 0 Å². The number of nitrogens with one attached hydrogen (secondary N) is 1. The van der Waals surface area contributed by atoms with Crippen LogP contribution in [-0.4, -0.2) is 37.3 Å². The molecular weight excluding hydrogens is 373 g/mol. The number of benzene rings is 2. The summed E-state index contributed by atoms with van der Waals surface area (Å²) in [7, 11) is -3.71. The van der Waals surface area contributed by atoms with Gasteiger partial charge in [-0.15, -0.1) is 0 Å². The van der Waals surface area contributed by atoms with Gasteiger partial charge in [0.05, 0.1) is 9.82 Å². The highest BCUT2D eigenvalue weighted by Gasteiger charge is 2.29. The Labute approximate surface area is 157 Å². The first-order valence-corrected chi connectivity index (χ1v) is 10.1. The van der Waals surface area contributed by atoms with Gasteiger partial charge in [-0.3, -0.25) is 10.1 Å². The number of hydrogen-bond acceptors (Lipinski definition) is 5. The molecule has 144 valence electrons. The van der Waals surface area contributed by atoms with Crippen LogP contribution in [0.25, 0.3) is 0 Å². The van der Waals surface area contributed by atoms with Gasteiger partial charge in [0.2, 0.25) is 10.0 Å². The fourth-order valence-electron chi connectivity index (χ4n) is 3.04. The number of rotatable bonds is 7. The molecule has 9 heteroatoms. The number of sulfonamides is 1. The maximum absolute atomic E-state index is 12.9. The normalized spacial score (nSPS) is 15.0. The molecule has 7 nitrogen and oxygen atoms in total. The Morgan fingerprint density at radius 1 is 1.11 bits per heavy atom. The fraction of sp³-hybridized carbons (Fsp3) is 0.333. The number of anilines is 1. The van der Waals surface area contributed by atoms with Crippen molar-refractivity contribution in [2.24, 2.45) is 0 Å². The summed E-state index contributed by atoms with van der Waals surface area (Å²) in [6.07, 6.45) is 2.14. The number of nitro groups is 1. The highest BCUT2D eigenvalue weighted by atomic mass is 32.2. The SMILES string of the molecule is O=[N+]([O-])c1cc(S(=O)(=O)N2CCCC2)ccc1NCCc1ccc(F)cc1. The lowest BCUT2D eigenvalue weighted by atomic mass is 10.1. The van der Waals surface area contributed by atoms with Gasteiger partial charge in [-0.2, -0.15) is 4.31 Å². The molecule has 1 aliphatic rings. The van der Waals surface area contributed by atoms with E-state index in [0.717, 1.165) is 24.5 Å². The molecule has 1 fully saturated rings. The topological polar surface area (TPSA) is 92.5 Å². The summed E-state index contributed by atoms with van der Waals surface area (Å²) >= 11 is 0. The van der Waals surface area contributed by atoms with E-state index in [0.29, 0.717) is 26.1 Å². The Kier molecular flexibility index (Phi) is 5.71. The van der Waals surface area contributed by atoms with Gasteiger partial charge in [0.25, 0.3) is 5.69 Å². The molecule has 0 spiro atoms. The average Bonchev–Trinajstić information content (AvgIpc) is 3.19. The van der Waals surface area contributed by atoms with Crippen LogP contribution in [0, 0.1) is 15.9 Å². The second-order valence-electron chi connectivity index (χ2n) is 6.35. The van der Waals surface area contributed by atoms with Crippen molar-refractivity contribution in [1.29, 1.82) is 0 Å². The third-order valence-electron chi connectivity index (χ3n) is 4.51. The molecule has 0 radical (unpaired) electrons. The van der Waals surface area contributed by atoms with E-state index in [4.69, 9.17) is 0 Å². The molecular formula is C18H20FN3O4S. The summed E-state index contributed by atoms with van der Waals surface area (Å²) in [6, 6.07) is 9.93. The first-order valence-electron chi connectivity index (χ1n) is 8.65. The van der Waals surface area contributed by atoms with Gasteiger partial charge in [-0.05, 0) is 49.1 Å². The summed E-state index contributed by atoms with van der Waals surface area (Å²) in [6.45, 7) is 1.27. The molecule has 0 aromatic heterocycles. The molecule has 0 unspecified atom stereocenters. The summed E-state index contributed by atoms with van der Waals surface area (Å²) in [4.78, 5) is 10.7. The van der Waals surface area contributed by atoms with E-state index in [-0.39, 0.29) is 22.1 Å². The summed E-state index contributed by atoms with van der Waals surface area (Å²) < 4.78 is 39.5. The van der Waals surface area contributed by atoms with Crippen LogP contribution in [0.3, 0.4) is 0 Å². The quantitative estimate of drug-likeness (QED) is 0.576. The minimum atomic E-state index is -3.71. The van der Waals surface area contributed by atoms with Crippen LogP contribution >= 0.6 is 0 Å². The predicted molar refractivity (Wildman–Crippen MR) is 99.7 cm³/mol. The Bertz CT molecular complexity index is 926. The largest absolute Gasteiger partial charge is 0.379 e. The maximum Gasteiger partial charge on any atom is 0.293 e. The molecule has 0 saturated carbocycles. The molecule has 1 heterocycles. The summed E-state index contributed by atoms with van der Waals surface area (Å²) in [5.74, 6) is -0.322. The minimum absolute atomic E-state index is 0.0693. The molecule has 1 aliphatic heterocycles. The lowest BCUT2D eigenvalue weighted by Gasteiger charge is -2.16. The molecule has 3 rings (SSSR count). The van der Waals surface area contributed by atoms with Crippen LogP contribution in [-0.2, 0) is 16.4 Å². The Morgan fingerprint density at radius 2 is 1.78 bits per heavy atom. The number of halogens is 1. The Morgan fingerprint density at radius 3 is 2.41 bits per heavy atom. The van der Waals surface area contributed by atoms with E-state index in [1.165, 1.54) is 28.6 Å². The Balaban J connectivity index is 1.75. The van der Waals surface area contributed by atoms with Crippen molar-refractivity contribution in [3.63, 3.8) is 0 Å². The number of nitro benzene ring substituents is 1. The van der Waals surface area contributed by atoms with Crippen LogP contribution in [0.4, 0.5) is 15.8 Å². The standard InChI is InChI=1S/C18H20FN3O4S/c19-15-5-3-14(4-6-15)9-10-20-17-8-7-16(13-18(17)22(23)24)27(25,26)21-11-1-2-12-21/h3-8,13,20H,1-2,9-12H2. The summed E-state index contributed by atoms with van der Waals surface area (Å²) in [5.41, 5.74) is 0.858. The van der Waals surface area contributed by atoms with E-state index in [1.807, 2.05) is 0 Å². The number of hydrogen-bond donors (Lipinski definition) is 1. The highest BCUT2D eigenvalue weighted by molar-refractivity contribution is 7.89. The van der Waals surface area contributed by atoms with E-state index in [1.54, 1.807) is 12.1 Å². The van der Waals surface area contributed by atoms with Crippen LogP contribution in [0.2, 0.25) is 0 Å². The molecule has 2 aromatic rings. The lowest BCUT2D eigenvalue weighted by Crippen LogP contribution is -2.27. The van der Waals surface area contributed by atoms with Gasteiger partial charge in [-0.25, -0.2) is 12.8 Å². The van der Waals surface area contributed by atoms with Crippen LogP contribution in [0.1, 0.15) is 18.4 Å². The van der Waals surface area contributed by atoms with Gasteiger partial charge in [0, 0.05) is 25.7 Å². The zero-order chi connectivity index (χ0) is 19.4. The van der Waals surface area contributed by atoms with Crippen LogP contribution in [0.15, 0.2) is 47.4 Å². The van der Waals surface area contributed by atoms with Gasteiger partial charge in [0.1, 0.15) is 11.5 Å². The highest BCUT2D eigenvalue weighted by Crippen LogP contribution is 2.30. The smallest absolute Gasteiger partial charge is 0.293 e. The maximum atomic E-state index is 12.9. The average molecular weight is 393 g/mol. The number of nitrogens with zero attached hydrogens (tertiary/aromatic N) is 2. The van der Waals surface area contributed by atoms with Gasteiger partial charge < -0.3 is 5.32 Å². The fourth-order valence-corrected chi connectivity index (χ4v) is 4.58. The molecule has 0 atom stereocenters. The molecule has 0 aliphatic carbocycles. The second kappa shape index (κ2) is 8.01. The van der Waals surface area contributed by atoms with Gasteiger partial charge >= 0.3 is 0 Å². The zero-order valence-electron chi connectivity index (χ0n) is 14.6. The van der Waals surface area contributed by atoms with Crippen LogP contribution < -0.4 is 5.32 Å². The van der Waals surface area contributed by atoms with E-state index in [9.17, 15) is 22.9 Å². The second-order valence-corrected chi connectivity index (χ2v) is 8.29. The molecule has 0 amide bonds. The van der Waals surface area contributed by atoms with Gasteiger partial charge in [0.15, 0.2) is 0 Å². The van der Waals surface area contributed by atoms with Crippen molar-refractivity contribution in [1.82, 2.24) is 4.31 Å². The van der Waals surface area contributed by atoms with Crippen LogP contribution in [0.5, 0.6) is 0 Å². The zero-order valence-corrected chi connectivity index (χ0v) is 15.4.